The Kier molecular flexibility index (Phi) is 7.16. The van der Waals surface area contributed by atoms with Crippen molar-refractivity contribution in [3.05, 3.63) is 76.8 Å². The summed E-state index contributed by atoms with van der Waals surface area (Å²) in [5.74, 6) is -3.20. The second-order valence-electron chi connectivity index (χ2n) is 9.63. The van der Waals surface area contributed by atoms with Crippen molar-refractivity contribution in [2.24, 2.45) is 5.41 Å². The Morgan fingerprint density at radius 3 is 2.55 bits per heavy atom. The van der Waals surface area contributed by atoms with E-state index in [-0.39, 0.29) is 34.0 Å². The summed E-state index contributed by atoms with van der Waals surface area (Å²) < 4.78 is 32.8. The van der Waals surface area contributed by atoms with Crippen LogP contribution in [0.3, 0.4) is 0 Å². The fraction of sp³-hybridized carbons (Fsp3) is 0.333. The van der Waals surface area contributed by atoms with Crippen LogP contribution in [0.4, 0.5) is 14.5 Å². The van der Waals surface area contributed by atoms with Gasteiger partial charge in [0.25, 0.3) is 5.91 Å². The molecule has 0 atom stereocenters. The number of carbonyl (C=O) groups excluding carboxylic acids is 3. The number of aromatic amines is 1. The van der Waals surface area contributed by atoms with E-state index in [9.17, 15) is 23.2 Å². The van der Waals surface area contributed by atoms with Gasteiger partial charge in [-0.25, -0.2) is 18.6 Å². The van der Waals surface area contributed by atoms with Crippen LogP contribution in [-0.4, -0.2) is 40.3 Å². The Bertz CT molecular complexity index is 1370. The summed E-state index contributed by atoms with van der Waals surface area (Å²) in [6, 6.07) is 10.1. The first-order valence-electron chi connectivity index (χ1n) is 12.4. The number of benzene rings is 2. The maximum atomic E-state index is 13.9. The Balaban J connectivity index is 1.23. The fourth-order valence-corrected chi connectivity index (χ4v) is 5.57. The molecular weight excluding hydrogens is 518 g/mol. The van der Waals surface area contributed by atoms with Gasteiger partial charge in [0, 0.05) is 24.1 Å². The second-order valence-corrected chi connectivity index (χ2v) is 10.0. The van der Waals surface area contributed by atoms with Crippen molar-refractivity contribution in [2.45, 2.75) is 44.6 Å². The molecule has 1 aromatic heterocycles. The first kappa shape index (κ1) is 25.8. The van der Waals surface area contributed by atoms with Gasteiger partial charge in [0.15, 0.2) is 23.0 Å². The minimum atomic E-state index is -1.07. The zero-order chi connectivity index (χ0) is 26.9. The third kappa shape index (κ3) is 5.00. The number of amides is 2. The van der Waals surface area contributed by atoms with E-state index >= 15 is 0 Å². The highest BCUT2D eigenvalue weighted by molar-refractivity contribution is 6.33. The normalized spacial score (nSPS) is 21.4. The second kappa shape index (κ2) is 10.5. The quantitative estimate of drug-likeness (QED) is 0.267. The topological polar surface area (TPSA) is 104 Å². The number of hydrogen-bond donors (Lipinski definition) is 2. The molecule has 5 rings (SSSR count). The molecule has 11 heteroatoms. The number of hydrogen-bond acceptors (Lipinski definition) is 5. The number of nitrogens with zero attached hydrogens (tertiary/aromatic N) is 2. The van der Waals surface area contributed by atoms with Gasteiger partial charge in [0.2, 0.25) is 5.91 Å². The lowest BCUT2D eigenvalue weighted by Crippen LogP contribution is -2.52. The number of aromatic nitrogens is 2. The summed E-state index contributed by atoms with van der Waals surface area (Å²) in [6.45, 7) is 0.368. The molecule has 8 nitrogen and oxygen atoms in total. The predicted octanol–water partition coefficient (Wildman–Crippen LogP) is 5.05. The summed E-state index contributed by atoms with van der Waals surface area (Å²) in [5, 5.41) is 2.90. The van der Waals surface area contributed by atoms with E-state index in [4.69, 9.17) is 16.3 Å². The number of rotatable bonds is 5. The summed E-state index contributed by atoms with van der Waals surface area (Å²) in [4.78, 5) is 47.2. The largest absolute Gasteiger partial charge is 0.422 e. The SMILES string of the molecule is O=C(NC1CCC2(CCCN(c3cc(F)c(F)cc3Cl)C2=O)CC1)c1nc[nH]c1C(=O)Oc1ccccc1. The van der Waals surface area contributed by atoms with Gasteiger partial charge in [-0.3, -0.25) is 9.59 Å². The van der Waals surface area contributed by atoms with E-state index in [1.54, 1.807) is 30.3 Å². The van der Waals surface area contributed by atoms with Gasteiger partial charge in [-0.1, -0.05) is 29.8 Å². The summed E-state index contributed by atoms with van der Waals surface area (Å²) >= 11 is 6.15. The van der Waals surface area contributed by atoms with Crippen LogP contribution in [0, 0.1) is 17.0 Å². The van der Waals surface area contributed by atoms with Crippen molar-refractivity contribution in [3.63, 3.8) is 0 Å². The molecule has 2 N–H and O–H groups in total. The average Bonchev–Trinajstić information content (AvgIpc) is 3.41. The Morgan fingerprint density at radius 1 is 1.11 bits per heavy atom. The van der Waals surface area contributed by atoms with Crippen LogP contribution < -0.4 is 15.0 Å². The molecule has 198 valence electrons. The van der Waals surface area contributed by atoms with Gasteiger partial charge in [0.1, 0.15) is 5.75 Å². The van der Waals surface area contributed by atoms with Gasteiger partial charge < -0.3 is 19.9 Å². The van der Waals surface area contributed by atoms with E-state index in [0.717, 1.165) is 12.1 Å². The van der Waals surface area contributed by atoms with Crippen LogP contribution >= 0.6 is 11.6 Å². The molecule has 2 fully saturated rings. The van der Waals surface area contributed by atoms with Crippen molar-refractivity contribution in [1.29, 1.82) is 0 Å². The molecule has 1 aliphatic heterocycles. The lowest BCUT2D eigenvalue weighted by molar-refractivity contribution is -0.132. The number of imidazole rings is 1. The third-order valence-corrected chi connectivity index (χ3v) is 7.61. The maximum absolute atomic E-state index is 13.9. The predicted molar refractivity (Wildman–Crippen MR) is 135 cm³/mol. The number of para-hydroxylation sites is 1. The van der Waals surface area contributed by atoms with E-state index < -0.39 is 28.9 Å². The van der Waals surface area contributed by atoms with Gasteiger partial charge in [-0.05, 0) is 56.7 Å². The summed E-state index contributed by atoms with van der Waals surface area (Å²) in [5.41, 5.74) is -0.622. The highest BCUT2D eigenvalue weighted by atomic mass is 35.5. The molecule has 2 aromatic carbocycles. The zero-order valence-corrected chi connectivity index (χ0v) is 21.1. The summed E-state index contributed by atoms with van der Waals surface area (Å²) in [6.07, 6.45) is 4.70. The van der Waals surface area contributed by atoms with E-state index in [0.29, 0.717) is 50.8 Å². The molecule has 0 radical (unpaired) electrons. The van der Waals surface area contributed by atoms with Gasteiger partial charge in [-0.15, -0.1) is 0 Å². The van der Waals surface area contributed by atoms with E-state index in [1.165, 1.54) is 11.2 Å². The lowest BCUT2D eigenvalue weighted by atomic mass is 9.67. The van der Waals surface area contributed by atoms with Crippen molar-refractivity contribution < 1.29 is 27.9 Å². The number of carbonyl (C=O) groups is 3. The van der Waals surface area contributed by atoms with Crippen molar-refractivity contribution >= 4 is 35.1 Å². The zero-order valence-electron chi connectivity index (χ0n) is 20.3. The fourth-order valence-electron chi connectivity index (χ4n) is 5.32. The number of anilines is 1. The number of ether oxygens (including phenoxy) is 1. The number of H-pyrrole nitrogens is 1. The van der Waals surface area contributed by atoms with E-state index in [1.807, 2.05) is 0 Å². The first-order valence-corrected chi connectivity index (χ1v) is 12.7. The Hall–Kier alpha value is -3.79. The van der Waals surface area contributed by atoms with Gasteiger partial charge in [0.05, 0.1) is 17.0 Å². The molecule has 38 heavy (non-hydrogen) atoms. The molecule has 1 saturated heterocycles. The molecule has 2 aliphatic rings. The Labute approximate surface area is 222 Å². The standard InChI is InChI=1S/C27H25ClF2N4O4/c28-18-13-19(29)20(30)14-21(18)34-12-4-9-27(26(34)37)10-7-16(8-11-27)33-24(35)22-23(32-15-31-22)25(36)38-17-5-2-1-3-6-17/h1-3,5-6,13-16H,4,7-12H2,(H,31,32)(H,33,35). The minimum Gasteiger partial charge on any atom is -0.422 e. The maximum Gasteiger partial charge on any atom is 0.362 e. The monoisotopic (exact) mass is 542 g/mol. The van der Waals surface area contributed by atoms with Crippen LogP contribution in [-0.2, 0) is 4.79 Å². The average molecular weight is 543 g/mol. The minimum absolute atomic E-state index is 0.0177. The van der Waals surface area contributed by atoms with Gasteiger partial charge in [-0.2, -0.15) is 0 Å². The molecule has 0 bridgehead atoms. The number of piperidine rings is 1. The van der Waals surface area contributed by atoms with Crippen LogP contribution in [0.15, 0.2) is 48.8 Å². The highest BCUT2D eigenvalue weighted by Crippen LogP contribution is 2.46. The first-order chi connectivity index (χ1) is 18.3. The van der Waals surface area contributed by atoms with Crippen LogP contribution in [0.2, 0.25) is 5.02 Å². The van der Waals surface area contributed by atoms with Crippen molar-refractivity contribution in [2.75, 3.05) is 11.4 Å². The molecular formula is C27H25ClF2N4O4. The number of esters is 1. The molecule has 3 aromatic rings. The lowest BCUT2D eigenvalue weighted by Gasteiger charge is -2.45. The molecule has 1 spiro atoms. The van der Waals surface area contributed by atoms with Crippen molar-refractivity contribution in [3.8, 4) is 5.75 Å². The molecule has 0 unspecified atom stereocenters. The van der Waals surface area contributed by atoms with Gasteiger partial charge >= 0.3 is 5.97 Å². The highest BCUT2D eigenvalue weighted by Gasteiger charge is 2.47. The van der Waals surface area contributed by atoms with Crippen LogP contribution in [0.25, 0.3) is 0 Å². The van der Waals surface area contributed by atoms with E-state index in [2.05, 4.69) is 15.3 Å². The molecule has 2 heterocycles. The molecule has 1 aliphatic carbocycles. The Morgan fingerprint density at radius 2 is 1.82 bits per heavy atom. The third-order valence-electron chi connectivity index (χ3n) is 7.31. The van der Waals surface area contributed by atoms with Crippen molar-refractivity contribution in [1.82, 2.24) is 15.3 Å². The number of halogens is 3. The smallest absolute Gasteiger partial charge is 0.362 e. The molecule has 2 amide bonds. The van der Waals surface area contributed by atoms with Crippen LogP contribution in [0.1, 0.15) is 59.5 Å². The molecule has 1 saturated carbocycles. The summed E-state index contributed by atoms with van der Waals surface area (Å²) in [7, 11) is 0. The van der Waals surface area contributed by atoms with Crippen LogP contribution in [0.5, 0.6) is 5.75 Å². The number of nitrogens with one attached hydrogen (secondary N) is 2.